The number of amides is 1. The van der Waals surface area contributed by atoms with E-state index in [-0.39, 0.29) is 17.0 Å². The fourth-order valence-corrected chi connectivity index (χ4v) is 4.13. The van der Waals surface area contributed by atoms with Gasteiger partial charge in [-0.25, -0.2) is 4.79 Å². The van der Waals surface area contributed by atoms with Crippen molar-refractivity contribution in [1.29, 1.82) is 0 Å². The summed E-state index contributed by atoms with van der Waals surface area (Å²) in [5.74, 6) is -0.939. The van der Waals surface area contributed by atoms with Gasteiger partial charge in [0.2, 0.25) is 5.43 Å². The number of nitrogens with one attached hydrogen (secondary N) is 1. The molecule has 0 spiro atoms. The van der Waals surface area contributed by atoms with E-state index >= 15 is 0 Å². The van der Waals surface area contributed by atoms with Gasteiger partial charge < -0.3 is 14.6 Å². The third kappa shape index (κ3) is 3.01. The minimum Gasteiger partial charge on any atom is -0.465 e. The number of pyridine rings is 1. The lowest BCUT2D eigenvalue weighted by Crippen LogP contribution is -2.23. The van der Waals surface area contributed by atoms with Gasteiger partial charge in [0.25, 0.3) is 5.91 Å². The number of carbonyl (C=O) groups excluding carboxylic acids is 2. The molecule has 0 unspecified atom stereocenters. The van der Waals surface area contributed by atoms with E-state index in [4.69, 9.17) is 0 Å². The molecule has 1 aliphatic heterocycles. The summed E-state index contributed by atoms with van der Waals surface area (Å²) in [6, 6.07) is 10.2. The number of aromatic nitrogens is 1. The molecule has 2 aromatic carbocycles. The first kappa shape index (κ1) is 18.4. The van der Waals surface area contributed by atoms with Crippen LogP contribution in [0.1, 0.15) is 39.2 Å². The van der Waals surface area contributed by atoms with Gasteiger partial charge in [-0.1, -0.05) is 15.9 Å². The lowest BCUT2D eigenvalue weighted by atomic mass is 10.1. The second-order valence-corrected chi connectivity index (χ2v) is 7.73. The number of esters is 1. The Hall–Kier alpha value is -2.93. The maximum Gasteiger partial charge on any atom is 0.337 e. The molecule has 0 bridgehead atoms. The predicted octanol–water partition coefficient (Wildman–Crippen LogP) is 3.92. The molecule has 28 heavy (non-hydrogen) atoms. The number of anilines is 1. The van der Waals surface area contributed by atoms with Crippen LogP contribution in [0.4, 0.5) is 5.69 Å². The summed E-state index contributed by atoms with van der Waals surface area (Å²) in [5.41, 5.74) is 2.64. The topological polar surface area (TPSA) is 77.4 Å². The lowest BCUT2D eigenvalue weighted by Gasteiger charge is -2.13. The van der Waals surface area contributed by atoms with E-state index < -0.39 is 11.9 Å². The van der Waals surface area contributed by atoms with Crippen molar-refractivity contribution in [2.24, 2.45) is 0 Å². The van der Waals surface area contributed by atoms with Crippen molar-refractivity contribution in [2.45, 2.75) is 19.4 Å². The SMILES string of the molecule is COC(=O)c1ccc(NC(=O)c2cn3c4c(cc(Br)cc4c2=O)C[C@@H]3C)cc1. The van der Waals surface area contributed by atoms with Gasteiger partial charge in [-0.15, -0.1) is 0 Å². The number of halogens is 1. The Bertz CT molecular complexity index is 1180. The molecule has 0 aliphatic carbocycles. The highest BCUT2D eigenvalue weighted by Gasteiger charge is 2.25. The Morgan fingerprint density at radius 2 is 1.93 bits per heavy atom. The van der Waals surface area contributed by atoms with Crippen molar-refractivity contribution in [3.05, 3.63) is 74.0 Å². The number of hydrogen-bond donors (Lipinski definition) is 1. The second-order valence-electron chi connectivity index (χ2n) is 6.82. The largest absolute Gasteiger partial charge is 0.465 e. The summed E-state index contributed by atoms with van der Waals surface area (Å²) in [6.07, 6.45) is 2.45. The molecule has 142 valence electrons. The van der Waals surface area contributed by atoms with E-state index in [9.17, 15) is 14.4 Å². The van der Waals surface area contributed by atoms with Crippen LogP contribution in [0.2, 0.25) is 0 Å². The van der Waals surface area contributed by atoms with Crippen LogP contribution in [0.15, 0.2) is 51.9 Å². The molecule has 7 heteroatoms. The van der Waals surface area contributed by atoms with Gasteiger partial charge in [0.05, 0.1) is 18.2 Å². The first-order valence-corrected chi connectivity index (χ1v) is 9.55. The van der Waals surface area contributed by atoms with Crippen molar-refractivity contribution in [3.8, 4) is 0 Å². The molecule has 1 aromatic heterocycles. The molecule has 2 heterocycles. The summed E-state index contributed by atoms with van der Waals surface area (Å²) in [7, 11) is 1.31. The smallest absolute Gasteiger partial charge is 0.337 e. The maximum atomic E-state index is 13.0. The first-order valence-electron chi connectivity index (χ1n) is 8.76. The van der Waals surface area contributed by atoms with Gasteiger partial charge >= 0.3 is 5.97 Å². The van der Waals surface area contributed by atoms with Gasteiger partial charge in [-0.05, 0) is 55.3 Å². The van der Waals surface area contributed by atoms with E-state index in [1.54, 1.807) is 36.5 Å². The average molecular weight is 441 g/mol. The van der Waals surface area contributed by atoms with Gasteiger partial charge in [-0.3, -0.25) is 9.59 Å². The number of hydrogen-bond acceptors (Lipinski definition) is 4. The van der Waals surface area contributed by atoms with Crippen molar-refractivity contribution in [3.63, 3.8) is 0 Å². The molecule has 4 rings (SSSR count). The highest BCUT2D eigenvalue weighted by molar-refractivity contribution is 9.10. The molecular formula is C21H17BrN2O4. The normalized spacial score (nSPS) is 14.9. The van der Waals surface area contributed by atoms with Crippen LogP contribution >= 0.6 is 15.9 Å². The lowest BCUT2D eigenvalue weighted by molar-refractivity contribution is 0.0600. The van der Waals surface area contributed by atoms with Gasteiger partial charge in [-0.2, -0.15) is 0 Å². The van der Waals surface area contributed by atoms with Crippen LogP contribution in [0.25, 0.3) is 10.9 Å². The quantitative estimate of drug-likeness (QED) is 0.626. The zero-order valence-corrected chi connectivity index (χ0v) is 16.9. The third-order valence-corrected chi connectivity index (χ3v) is 5.43. The van der Waals surface area contributed by atoms with E-state index in [1.165, 1.54) is 7.11 Å². The van der Waals surface area contributed by atoms with Crippen molar-refractivity contribution < 1.29 is 14.3 Å². The molecule has 1 aliphatic rings. The van der Waals surface area contributed by atoms with Crippen molar-refractivity contribution in [1.82, 2.24) is 4.57 Å². The predicted molar refractivity (Wildman–Crippen MR) is 110 cm³/mol. The van der Waals surface area contributed by atoms with Gasteiger partial charge in [0.1, 0.15) is 5.56 Å². The fraction of sp³-hybridized carbons (Fsp3) is 0.190. The first-order chi connectivity index (χ1) is 13.4. The van der Waals surface area contributed by atoms with E-state index in [2.05, 4.69) is 32.9 Å². The Balaban J connectivity index is 1.72. The molecule has 0 saturated heterocycles. The number of benzene rings is 2. The monoisotopic (exact) mass is 440 g/mol. The minimum absolute atomic E-state index is 0.0855. The number of carbonyl (C=O) groups is 2. The third-order valence-electron chi connectivity index (χ3n) is 4.97. The molecule has 0 saturated carbocycles. The maximum absolute atomic E-state index is 13.0. The Morgan fingerprint density at radius 1 is 1.21 bits per heavy atom. The van der Waals surface area contributed by atoms with Gasteiger partial charge in [0, 0.05) is 27.8 Å². The summed E-state index contributed by atoms with van der Waals surface area (Å²) < 4.78 is 7.48. The zero-order chi connectivity index (χ0) is 20.0. The Labute approximate surface area is 169 Å². The molecule has 3 aromatic rings. The molecule has 0 fully saturated rings. The van der Waals surface area contributed by atoms with Crippen LogP contribution in [0.5, 0.6) is 0 Å². The van der Waals surface area contributed by atoms with E-state index in [0.717, 1.165) is 22.0 Å². The van der Waals surface area contributed by atoms with Crippen LogP contribution in [-0.2, 0) is 11.2 Å². The van der Waals surface area contributed by atoms with Crippen LogP contribution in [0, 0.1) is 0 Å². The molecule has 0 radical (unpaired) electrons. The summed E-state index contributed by atoms with van der Waals surface area (Å²) in [5, 5.41) is 3.26. The van der Waals surface area contributed by atoms with E-state index in [0.29, 0.717) is 16.6 Å². The molecule has 6 nitrogen and oxygen atoms in total. The number of methoxy groups -OCH3 is 1. The van der Waals surface area contributed by atoms with Crippen LogP contribution in [0.3, 0.4) is 0 Å². The molecule has 1 atom stereocenters. The highest BCUT2D eigenvalue weighted by atomic mass is 79.9. The number of ether oxygens (including phenoxy) is 1. The van der Waals surface area contributed by atoms with Crippen LogP contribution < -0.4 is 10.7 Å². The second kappa shape index (κ2) is 6.91. The Morgan fingerprint density at radius 3 is 2.61 bits per heavy atom. The van der Waals surface area contributed by atoms with Crippen molar-refractivity contribution >= 4 is 44.4 Å². The Kier molecular flexibility index (Phi) is 4.55. The van der Waals surface area contributed by atoms with Crippen molar-refractivity contribution in [2.75, 3.05) is 12.4 Å². The molecule has 1 amide bonds. The summed E-state index contributed by atoms with van der Waals surface area (Å²) >= 11 is 3.45. The van der Waals surface area contributed by atoms with Crippen LogP contribution in [-0.4, -0.2) is 23.6 Å². The standard InChI is InChI=1S/C21H17BrN2O4/c1-11-7-13-8-14(22)9-16-18(13)24(11)10-17(19(16)25)20(26)23-15-5-3-12(4-6-15)21(27)28-2/h3-6,8-11H,7H2,1-2H3,(H,23,26)/t11-/m0/s1. The van der Waals surface area contributed by atoms with E-state index in [1.807, 2.05) is 10.6 Å². The fourth-order valence-electron chi connectivity index (χ4n) is 3.63. The average Bonchev–Trinajstić information content (AvgIpc) is 2.99. The van der Waals surface area contributed by atoms with Gasteiger partial charge in [0.15, 0.2) is 0 Å². The number of rotatable bonds is 3. The minimum atomic E-state index is -0.484. The molecule has 1 N–H and O–H groups in total. The summed E-state index contributed by atoms with van der Waals surface area (Å²) in [4.78, 5) is 37.3. The molecular weight excluding hydrogens is 424 g/mol. The zero-order valence-electron chi connectivity index (χ0n) is 15.3. The number of nitrogens with zero attached hydrogens (tertiary/aromatic N) is 1. The summed E-state index contributed by atoms with van der Waals surface area (Å²) in [6.45, 7) is 2.06. The highest BCUT2D eigenvalue weighted by Crippen LogP contribution is 2.33.